The van der Waals surface area contributed by atoms with Gasteiger partial charge in [-0.25, -0.2) is 0 Å². The van der Waals surface area contributed by atoms with Gasteiger partial charge in [0.05, 0.1) is 38.6 Å². The smallest absolute Gasteiger partial charge is 0.220 e. The number of amides is 1. The first-order valence-corrected chi connectivity index (χ1v) is 38.9. The van der Waals surface area contributed by atoms with Gasteiger partial charge in [-0.05, 0) is 96.3 Å². The maximum Gasteiger partial charge on any atom is 0.220 e. The highest BCUT2D eigenvalue weighted by atomic mass is 16.8. The quantitative estimate of drug-likeness (QED) is 0.0199. The Balaban J connectivity index is 1.40. The fourth-order valence-corrected chi connectivity index (χ4v) is 12.2. The third-order valence-corrected chi connectivity index (χ3v) is 18.5. The monoisotopic (exact) mass is 1420 g/mol. The summed E-state index contributed by atoms with van der Waals surface area (Å²) < 4.78 is 34.4. The molecule has 0 saturated carbocycles. The fourth-order valence-electron chi connectivity index (χ4n) is 12.2. The summed E-state index contributed by atoms with van der Waals surface area (Å²) in [5.41, 5.74) is 0. The summed E-state index contributed by atoms with van der Waals surface area (Å²) in [4.78, 5) is 13.5. The lowest BCUT2D eigenvalue weighted by Crippen LogP contribution is -2.66. The fraction of sp³-hybridized carbons (Fsp3) is 0.720. The molecule has 0 aromatic rings. The highest BCUT2D eigenvalue weighted by Gasteiger charge is 2.53. The molecule has 3 rings (SSSR count). The van der Waals surface area contributed by atoms with Gasteiger partial charge >= 0.3 is 0 Å². The first kappa shape index (κ1) is 91.1. The molecule has 0 bridgehead atoms. The van der Waals surface area contributed by atoms with Crippen molar-refractivity contribution in [2.24, 2.45) is 0 Å². The Hall–Kier alpha value is -4.07. The molecular weight excluding hydrogens is 1290 g/mol. The molecule has 1 amide bonds. The van der Waals surface area contributed by atoms with Crippen LogP contribution < -0.4 is 5.32 Å². The van der Waals surface area contributed by atoms with Crippen molar-refractivity contribution < 1.29 is 89.4 Å². The molecule has 0 radical (unpaired) electrons. The van der Waals surface area contributed by atoms with Gasteiger partial charge in [-0.2, -0.15) is 0 Å². The second-order valence-electron chi connectivity index (χ2n) is 27.1. The van der Waals surface area contributed by atoms with Gasteiger partial charge in [-0.3, -0.25) is 4.79 Å². The molecule has 12 N–H and O–H groups in total. The maximum atomic E-state index is 13.5. The third kappa shape index (κ3) is 41.4. The zero-order chi connectivity index (χ0) is 73.2. The highest BCUT2D eigenvalue weighted by molar-refractivity contribution is 5.76. The molecule has 0 aliphatic carbocycles. The molecule has 3 aliphatic rings. The number of carbonyl (C=O) groups is 1. The predicted octanol–water partition coefficient (Wildman–Crippen LogP) is 12.5. The lowest BCUT2D eigenvalue weighted by atomic mass is 9.96. The minimum absolute atomic E-state index is 0.205. The van der Waals surface area contributed by atoms with Crippen molar-refractivity contribution in [3.05, 3.63) is 134 Å². The summed E-state index contributed by atoms with van der Waals surface area (Å²) in [7, 11) is 0. The number of nitrogens with one attached hydrogen (secondary N) is 1. The van der Waals surface area contributed by atoms with Crippen LogP contribution in [0, 0.1) is 0 Å². The summed E-state index contributed by atoms with van der Waals surface area (Å²) in [5.74, 6) is -0.304. The van der Waals surface area contributed by atoms with Crippen LogP contribution >= 0.6 is 0 Å². The summed E-state index contributed by atoms with van der Waals surface area (Å²) in [5, 5.41) is 121. The van der Waals surface area contributed by atoms with Crippen molar-refractivity contribution in [1.29, 1.82) is 0 Å². The van der Waals surface area contributed by atoms with Crippen LogP contribution in [0.25, 0.3) is 0 Å². The molecule has 17 unspecified atom stereocenters. The molecule has 0 aromatic heterocycles. The van der Waals surface area contributed by atoms with E-state index < -0.39 is 124 Å². The third-order valence-electron chi connectivity index (χ3n) is 18.5. The van der Waals surface area contributed by atoms with Crippen molar-refractivity contribution in [2.45, 2.75) is 349 Å². The molecule has 17 atom stereocenters. The number of hydrogen-bond donors (Lipinski definition) is 12. The average Bonchev–Trinajstić information content (AvgIpc) is 0.782. The zero-order valence-corrected chi connectivity index (χ0v) is 61.6. The Morgan fingerprint density at radius 3 is 1.07 bits per heavy atom. The summed E-state index contributed by atoms with van der Waals surface area (Å²) >= 11 is 0. The number of aliphatic hydroxyl groups is 11. The van der Waals surface area contributed by atoms with Crippen LogP contribution in [0.3, 0.4) is 0 Å². The summed E-state index contributed by atoms with van der Waals surface area (Å²) in [6.07, 6.45) is 59.9. The van der Waals surface area contributed by atoms with E-state index in [4.69, 9.17) is 28.4 Å². The number of rotatable bonds is 59. The maximum absolute atomic E-state index is 13.5. The molecule has 3 saturated heterocycles. The average molecular weight is 1420 g/mol. The van der Waals surface area contributed by atoms with Gasteiger partial charge in [0.1, 0.15) is 73.2 Å². The van der Waals surface area contributed by atoms with Crippen LogP contribution in [0.4, 0.5) is 0 Å². The number of ether oxygens (including phenoxy) is 6. The molecule has 3 aliphatic heterocycles. The van der Waals surface area contributed by atoms with Gasteiger partial charge in [0, 0.05) is 6.42 Å². The molecular formula is C82H137NO18. The zero-order valence-electron chi connectivity index (χ0n) is 61.6. The SMILES string of the molecule is CC/C=C\C/C=C\C/C=C\C/C=C\C/C=C\C/C=C\C/C=C\C/C=C\C/C=C\C/C=C\CCCCCCC(=O)NC(COC1OC(CO)C(OC2OC(CO)C(OC3OC(CO)C(O)C(O)C3O)C(O)C2O)C(O)C1O)C(O)/C=C/CCCCCCCCCCCCCCCCCCCCC. The standard InChI is InChI=1S/C82H137NO18/c1-3-5-7-9-11-13-15-17-19-21-23-25-26-27-28-29-30-31-32-33-34-35-36-37-38-40-42-44-46-48-50-52-54-56-58-60-70(88)83-65(66(87)59-57-55-53-51-49-47-45-43-41-39-24-22-20-18-16-14-12-10-8-6-4-2)64-96-80-76(94)73(91)78(68(62-85)98-80)101-82-77(95)74(92)79(69(63-86)99-82)100-81-75(93)72(90)71(89)67(61-84)97-81/h5,7,11,13,17,19,23,25,27-28,30-31,33-34,36-37,40,42,46,48,57,59,65-69,71-82,84-87,89-95H,3-4,6,8-10,12,14-16,18,20-22,24,26,29,32,35,38-39,41,43-45,47,49-56,58,60-64H2,1-2H3,(H,83,88)/b7-5-,13-11-,19-17-,25-23-,28-27-,31-30-,34-33-,37-36-,42-40-,48-46-,59-57+. The van der Waals surface area contributed by atoms with Crippen molar-refractivity contribution in [3.8, 4) is 0 Å². The van der Waals surface area contributed by atoms with Crippen LogP contribution in [0.15, 0.2) is 134 Å². The summed E-state index contributed by atoms with van der Waals surface area (Å²) in [6, 6.07) is -0.998. The van der Waals surface area contributed by atoms with Gasteiger partial charge in [-0.1, -0.05) is 276 Å². The number of unbranched alkanes of at least 4 members (excludes halogenated alkanes) is 23. The largest absolute Gasteiger partial charge is 0.394 e. The van der Waals surface area contributed by atoms with E-state index in [9.17, 15) is 61.0 Å². The van der Waals surface area contributed by atoms with E-state index in [1.807, 2.05) is 6.08 Å². The van der Waals surface area contributed by atoms with E-state index in [0.717, 1.165) is 116 Å². The van der Waals surface area contributed by atoms with Crippen LogP contribution in [0.5, 0.6) is 0 Å². The van der Waals surface area contributed by atoms with Gasteiger partial charge in [-0.15, -0.1) is 0 Å². The first-order valence-electron chi connectivity index (χ1n) is 38.9. The Kier molecular flexibility index (Phi) is 55.2. The molecule has 19 nitrogen and oxygen atoms in total. The van der Waals surface area contributed by atoms with E-state index in [1.165, 1.54) is 103 Å². The lowest BCUT2D eigenvalue weighted by molar-refractivity contribution is -0.379. The van der Waals surface area contributed by atoms with Crippen LogP contribution in [0.2, 0.25) is 0 Å². The Labute approximate surface area is 607 Å². The summed E-state index contributed by atoms with van der Waals surface area (Å²) in [6.45, 7) is 1.60. The van der Waals surface area contributed by atoms with Gasteiger partial charge in [0.15, 0.2) is 18.9 Å². The van der Waals surface area contributed by atoms with E-state index in [-0.39, 0.29) is 18.9 Å². The molecule has 578 valence electrons. The van der Waals surface area contributed by atoms with Crippen molar-refractivity contribution in [2.75, 3.05) is 26.4 Å². The lowest BCUT2D eigenvalue weighted by Gasteiger charge is -2.48. The molecule has 101 heavy (non-hydrogen) atoms. The molecule has 0 aromatic carbocycles. The van der Waals surface area contributed by atoms with Gasteiger partial charge < -0.3 is 89.9 Å². The van der Waals surface area contributed by atoms with Crippen LogP contribution in [-0.4, -0.2) is 193 Å². The van der Waals surface area contributed by atoms with E-state index >= 15 is 0 Å². The van der Waals surface area contributed by atoms with E-state index in [2.05, 4.69) is 141 Å². The minimum Gasteiger partial charge on any atom is -0.394 e. The second-order valence-corrected chi connectivity index (χ2v) is 27.1. The first-order chi connectivity index (χ1) is 49.3. The van der Waals surface area contributed by atoms with E-state index in [1.54, 1.807) is 6.08 Å². The van der Waals surface area contributed by atoms with Gasteiger partial charge in [0.25, 0.3) is 0 Å². The number of aliphatic hydroxyl groups excluding tert-OH is 11. The Morgan fingerprint density at radius 2 is 0.683 bits per heavy atom. The van der Waals surface area contributed by atoms with Crippen LogP contribution in [0.1, 0.15) is 245 Å². The minimum atomic E-state index is -1.99. The highest BCUT2D eigenvalue weighted by Crippen LogP contribution is 2.33. The van der Waals surface area contributed by atoms with E-state index in [0.29, 0.717) is 6.42 Å². The molecule has 19 heteroatoms. The van der Waals surface area contributed by atoms with Gasteiger partial charge in [0.2, 0.25) is 5.91 Å². The number of carbonyl (C=O) groups excluding carboxylic acids is 1. The number of hydrogen-bond acceptors (Lipinski definition) is 18. The number of allylic oxidation sites excluding steroid dienone is 21. The molecule has 3 fully saturated rings. The van der Waals surface area contributed by atoms with Crippen LogP contribution in [-0.2, 0) is 33.2 Å². The Bertz CT molecular complexity index is 2350. The van der Waals surface area contributed by atoms with Crippen molar-refractivity contribution in [3.63, 3.8) is 0 Å². The molecule has 3 heterocycles. The normalized spacial score (nSPS) is 27.1. The second kappa shape index (κ2) is 61.1. The Morgan fingerprint density at radius 1 is 0.366 bits per heavy atom. The topological polar surface area (TPSA) is 307 Å². The predicted molar refractivity (Wildman–Crippen MR) is 401 cm³/mol. The molecule has 0 spiro atoms. The van der Waals surface area contributed by atoms with Crippen molar-refractivity contribution >= 4 is 5.91 Å². The van der Waals surface area contributed by atoms with Crippen molar-refractivity contribution in [1.82, 2.24) is 5.32 Å².